The number of hydrogen-bond donors (Lipinski definition) is 1. The predicted octanol–water partition coefficient (Wildman–Crippen LogP) is 3.19. The standard InChI is InChI=1S/C17H32O5Si/c1-11(2)17(18)12(10-19-23(8,9)15(3,4)5)20-14-13(17)21-16(6,7)22-14/h12-14,18H,1,10H2,2-9H3/t12-,13+,14-,17-/m1/s1. The lowest BCUT2D eigenvalue weighted by molar-refractivity contribution is -0.227. The summed E-state index contributed by atoms with van der Waals surface area (Å²) in [6, 6.07) is 0. The van der Waals surface area contributed by atoms with E-state index in [9.17, 15) is 5.11 Å². The van der Waals surface area contributed by atoms with E-state index in [2.05, 4.69) is 40.4 Å². The van der Waals surface area contributed by atoms with Crippen LogP contribution in [0, 0.1) is 0 Å². The fourth-order valence-corrected chi connectivity index (χ4v) is 3.76. The number of aliphatic hydroxyl groups is 1. The lowest BCUT2D eigenvalue weighted by Crippen LogP contribution is -2.53. The molecule has 0 aromatic heterocycles. The van der Waals surface area contributed by atoms with Crippen LogP contribution in [0.15, 0.2) is 12.2 Å². The summed E-state index contributed by atoms with van der Waals surface area (Å²) in [6.45, 7) is 20.6. The molecule has 0 saturated carbocycles. The van der Waals surface area contributed by atoms with Crippen molar-refractivity contribution in [2.45, 2.75) is 89.6 Å². The van der Waals surface area contributed by atoms with E-state index in [1.807, 2.05) is 13.8 Å². The molecule has 2 heterocycles. The monoisotopic (exact) mass is 344 g/mol. The van der Waals surface area contributed by atoms with Gasteiger partial charge in [-0.15, -0.1) is 0 Å². The van der Waals surface area contributed by atoms with E-state index in [-0.39, 0.29) is 5.04 Å². The van der Waals surface area contributed by atoms with E-state index in [1.54, 1.807) is 6.92 Å². The van der Waals surface area contributed by atoms with Gasteiger partial charge >= 0.3 is 0 Å². The summed E-state index contributed by atoms with van der Waals surface area (Å²) < 4.78 is 23.8. The van der Waals surface area contributed by atoms with Gasteiger partial charge in [-0.25, -0.2) is 0 Å². The lowest BCUT2D eigenvalue weighted by Gasteiger charge is -2.39. The van der Waals surface area contributed by atoms with Crippen molar-refractivity contribution in [1.82, 2.24) is 0 Å². The van der Waals surface area contributed by atoms with Crippen LogP contribution in [0.3, 0.4) is 0 Å². The molecule has 0 amide bonds. The maximum absolute atomic E-state index is 11.2. The quantitative estimate of drug-likeness (QED) is 0.627. The van der Waals surface area contributed by atoms with Gasteiger partial charge in [0.2, 0.25) is 0 Å². The van der Waals surface area contributed by atoms with E-state index in [0.717, 1.165) is 0 Å². The van der Waals surface area contributed by atoms with Gasteiger partial charge in [-0.3, -0.25) is 0 Å². The number of rotatable bonds is 4. The van der Waals surface area contributed by atoms with Crippen molar-refractivity contribution in [3.05, 3.63) is 12.2 Å². The second-order valence-electron chi connectivity index (χ2n) is 8.73. The summed E-state index contributed by atoms with van der Waals surface area (Å²) in [7, 11) is -1.94. The molecule has 0 radical (unpaired) electrons. The second kappa shape index (κ2) is 5.64. The van der Waals surface area contributed by atoms with Crippen LogP contribution in [0.5, 0.6) is 0 Å². The van der Waals surface area contributed by atoms with Crippen LogP contribution in [-0.2, 0) is 18.6 Å². The highest BCUT2D eigenvalue weighted by atomic mass is 28.4. The summed E-state index contributed by atoms with van der Waals surface area (Å²) in [5.74, 6) is -0.774. The first-order chi connectivity index (χ1) is 10.2. The SMILES string of the molecule is C=C(C)[C@@]1(O)[C@@H](CO[Si](C)(C)C(C)(C)C)O[C@@H]2OC(C)(C)O[C@@H]21. The highest BCUT2D eigenvalue weighted by molar-refractivity contribution is 6.74. The summed E-state index contributed by atoms with van der Waals surface area (Å²) in [4.78, 5) is 0. The zero-order valence-electron chi connectivity index (χ0n) is 15.7. The number of hydrogen-bond acceptors (Lipinski definition) is 5. The maximum Gasteiger partial charge on any atom is 0.192 e. The maximum atomic E-state index is 11.2. The first kappa shape index (κ1) is 19.1. The van der Waals surface area contributed by atoms with Gasteiger partial charge in [-0.05, 0) is 44.5 Å². The third-order valence-corrected chi connectivity index (χ3v) is 9.87. The van der Waals surface area contributed by atoms with Crippen molar-refractivity contribution < 1.29 is 23.7 Å². The average molecular weight is 345 g/mol. The van der Waals surface area contributed by atoms with E-state index in [4.69, 9.17) is 18.6 Å². The summed E-state index contributed by atoms with van der Waals surface area (Å²) >= 11 is 0. The van der Waals surface area contributed by atoms with Gasteiger partial charge in [-0.2, -0.15) is 0 Å². The van der Waals surface area contributed by atoms with Crippen molar-refractivity contribution in [3.8, 4) is 0 Å². The topological polar surface area (TPSA) is 57.2 Å². The average Bonchev–Trinajstić information content (AvgIpc) is 2.78. The molecule has 0 bridgehead atoms. The van der Waals surface area contributed by atoms with E-state index in [1.165, 1.54) is 0 Å². The van der Waals surface area contributed by atoms with Crippen LogP contribution in [0.4, 0.5) is 0 Å². The Morgan fingerprint density at radius 3 is 2.30 bits per heavy atom. The number of fused-ring (bicyclic) bond motifs is 1. The Morgan fingerprint density at radius 2 is 1.83 bits per heavy atom. The first-order valence-electron chi connectivity index (χ1n) is 8.24. The molecular formula is C17H32O5Si. The molecule has 2 saturated heterocycles. The van der Waals surface area contributed by atoms with Crippen LogP contribution in [0.1, 0.15) is 41.5 Å². The lowest BCUT2D eigenvalue weighted by atomic mass is 9.86. The van der Waals surface area contributed by atoms with E-state index >= 15 is 0 Å². The van der Waals surface area contributed by atoms with Gasteiger partial charge in [-0.1, -0.05) is 27.4 Å². The zero-order valence-corrected chi connectivity index (χ0v) is 16.7. The van der Waals surface area contributed by atoms with Crippen molar-refractivity contribution in [2.24, 2.45) is 0 Å². The minimum Gasteiger partial charge on any atom is -0.414 e. The van der Waals surface area contributed by atoms with Crippen LogP contribution >= 0.6 is 0 Å². The molecular weight excluding hydrogens is 312 g/mol. The molecule has 23 heavy (non-hydrogen) atoms. The van der Waals surface area contributed by atoms with E-state index in [0.29, 0.717) is 12.2 Å². The third-order valence-electron chi connectivity index (χ3n) is 5.37. The molecule has 2 fully saturated rings. The molecule has 5 nitrogen and oxygen atoms in total. The Hall–Kier alpha value is -0.243. The molecule has 4 atom stereocenters. The van der Waals surface area contributed by atoms with Gasteiger partial charge in [0.1, 0.15) is 17.8 Å². The Labute approximate surface area is 141 Å². The molecule has 0 aromatic rings. The van der Waals surface area contributed by atoms with Crippen LogP contribution in [-0.4, -0.2) is 49.9 Å². The first-order valence-corrected chi connectivity index (χ1v) is 11.1. The van der Waals surface area contributed by atoms with Crippen molar-refractivity contribution in [3.63, 3.8) is 0 Å². The molecule has 134 valence electrons. The summed E-state index contributed by atoms with van der Waals surface area (Å²) in [5, 5.41) is 11.3. The molecule has 2 aliphatic rings. The van der Waals surface area contributed by atoms with Gasteiger partial charge in [0.25, 0.3) is 0 Å². The molecule has 1 N–H and O–H groups in total. The molecule has 2 rings (SSSR count). The van der Waals surface area contributed by atoms with Gasteiger partial charge in [0.15, 0.2) is 20.4 Å². The fourth-order valence-electron chi connectivity index (χ4n) is 2.76. The Morgan fingerprint density at radius 1 is 1.26 bits per heavy atom. The van der Waals surface area contributed by atoms with Crippen LogP contribution in [0.2, 0.25) is 18.1 Å². The Bertz CT molecular complexity index is 482. The Kier molecular flexibility index (Phi) is 4.68. The van der Waals surface area contributed by atoms with Crippen LogP contribution < -0.4 is 0 Å². The van der Waals surface area contributed by atoms with E-state index < -0.39 is 38.2 Å². The second-order valence-corrected chi connectivity index (χ2v) is 13.5. The largest absolute Gasteiger partial charge is 0.414 e. The minimum absolute atomic E-state index is 0.0950. The third kappa shape index (κ3) is 3.30. The predicted molar refractivity (Wildman–Crippen MR) is 91.6 cm³/mol. The molecule has 6 heteroatoms. The van der Waals surface area contributed by atoms with Crippen molar-refractivity contribution in [2.75, 3.05) is 6.61 Å². The summed E-state index contributed by atoms with van der Waals surface area (Å²) in [5.41, 5.74) is -0.698. The van der Waals surface area contributed by atoms with Crippen molar-refractivity contribution >= 4 is 8.32 Å². The number of ether oxygens (including phenoxy) is 3. The normalized spacial score (nSPS) is 37.0. The molecule has 0 aromatic carbocycles. The molecule has 0 unspecified atom stereocenters. The smallest absolute Gasteiger partial charge is 0.192 e. The van der Waals surface area contributed by atoms with Gasteiger partial charge in [0, 0.05) is 0 Å². The van der Waals surface area contributed by atoms with Crippen LogP contribution in [0.25, 0.3) is 0 Å². The van der Waals surface area contributed by atoms with Gasteiger partial charge in [0.05, 0.1) is 6.61 Å². The highest BCUT2D eigenvalue weighted by Gasteiger charge is 2.63. The molecule has 2 aliphatic heterocycles. The van der Waals surface area contributed by atoms with Crippen molar-refractivity contribution in [1.29, 1.82) is 0 Å². The molecule has 0 aliphatic carbocycles. The zero-order chi connectivity index (χ0) is 17.8. The van der Waals surface area contributed by atoms with Gasteiger partial charge < -0.3 is 23.7 Å². The highest BCUT2D eigenvalue weighted by Crippen LogP contribution is 2.46. The molecule has 0 spiro atoms. The fraction of sp³-hybridized carbons (Fsp3) is 0.882. The summed E-state index contributed by atoms with van der Waals surface area (Å²) in [6.07, 6.45) is -1.72. The Balaban J connectivity index is 2.16. The minimum atomic E-state index is -1.94.